The summed E-state index contributed by atoms with van der Waals surface area (Å²) < 4.78 is 0. The number of nitrogens with two attached hydrogens (primary N) is 1. The molecule has 1 aromatic heterocycles. The summed E-state index contributed by atoms with van der Waals surface area (Å²) in [6.07, 6.45) is 2.08. The van der Waals surface area contributed by atoms with Gasteiger partial charge in [-0.05, 0) is 18.1 Å². The van der Waals surface area contributed by atoms with Gasteiger partial charge in [-0.25, -0.2) is 4.98 Å². The third-order valence-electron chi connectivity index (χ3n) is 1.77. The lowest BCUT2D eigenvalue weighted by atomic mass is 10.1. The lowest BCUT2D eigenvalue weighted by Gasteiger charge is -2.08. The number of nitriles is 1. The van der Waals surface area contributed by atoms with Gasteiger partial charge in [0.1, 0.15) is 11.8 Å². The zero-order valence-corrected chi connectivity index (χ0v) is 7.14. The minimum Gasteiger partial charge on any atom is -0.396 e. The molecule has 0 saturated heterocycles. The standard InChI is InChI=1S/C9H11N3O/c10-5-8-2-1-7(6-12-8)9(11)3-4-13/h1-2,6,9,13H,3-4,11H2/t9-/m1/s1. The number of rotatable bonds is 3. The fourth-order valence-electron chi connectivity index (χ4n) is 0.997. The number of aliphatic hydroxyl groups excluding tert-OH is 1. The van der Waals surface area contributed by atoms with Crippen LogP contribution in [0.4, 0.5) is 0 Å². The Kier molecular flexibility index (Phi) is 3.38. The van der Waals surface area contributed by atoms with E-state index in [1.165, 1.54) is 0 Å². The summed E-state index contributed by atoms with van der Waals surface area (Å²) in [7, 11) is 0. The molecule has 13 heavy (non-hydrogen) atoms. The van der Waals surface area contributed by atoms with E-state index in [4.69, 9.17) is 16.1 Å². The molecule has 0 aliphatic carbocycles. The Balaban J connectivity index is 2.75. The molecule has 3 N–H and O–H groups in total. The molecule has 0 spiro atoms. The Morgan fingerprint density at radius 1 is 1.62 bits per heavy atom. The second-order valence-electron chi connectivity index (χ2n) is 2.71. The number of hydrogen-bond donors (Lipinski definition) is 2. The molecule has 0 saturated carbocycles. The Morgan fingerprint density at radius 2 is 2.38 bits per heavy atom. The summed E-state index contributed by atoms with van der Waals surface area (Å²) in [5.41, 5.74) is 6.93. The van der Waals surface area contributed by atoms with Gasteiger partial charge in [0.05, 0.1) is 0 Å². The predicted octanol–water partition coefficient (Wildman–Crippen LogP) is 0.335. The van der Waals surface area contributed by atoms with E-state index >= 15 is 0 Å². The van der Waals surface area contributed by atoms with E-state index < -0.39 is 0 Å². The highest BCUT2D eigenvalue weighted by molar-refractivity contribution is 5.24. The normalized spacial score (nSPS) is 12.1. The Morgan fingerprint density at radius 3 is 2.85 bits per heavy atom. The molecule has 1 rings (SSSR count). The largest absolute Gasteiger partial charge is 0.396 e. The lowest BCUT2D eigenvalue weighted by molar-refractivity contribution is 0.276. The van der Waals surface area contributed by atoms with Crippen LogP contribution in [-0.4, -0.2) is 16.7 Å². The molecule has 4 nitrogen and oxygen atoms in total. The van der Waals surface area contributed by atoms with Crippen molar-refractivity contribution in [3.63, 3.8) is 0 Å². The van der Waals surface area contributed by atoms with Gasteiger partial charge in [-0.1, -0.05) is 6.07 Å². The van der Waals surface area contributed by atoms with Crippen LogP contribution in [-0.2, 0) is 0 Å². The minimum atomic E-state index is -0.203. The first kappa shape index (κ1) is 9.65. The highest BCUT2D eigenvalue weighted by Gasteiger charge is 2.04. The number of pyridine rings is 1. The van der Waals surface area contributed by atoms with Crippen LogP contribution in [0, 0.1) is 11.3 Å². The first-order valence-electron chi connectivity index (χ1n) is 4.00. The molecule has 0 unspecified atom stereocenters. The molecule has 1 heterocycles. The van der Waals surface area contributed by atoms with Crippen LogP contribution in [0.3, 0.4) is 0 Å². The van der Waals surface area contributed by atoms with Crippen molar-refractivity contribution < 1.29 is 5.11 Å². The van der Waals surface area contributed by atoms with Crippen LogP contribution in [0.25, 0.3) is 0 Å². The van der Waals surface area contributed by atoms with E-state index in [-0.39, 0.29) is 12.6 Å². The molecule has 68 valence electrons. The maximum Gasteiger partial charge on any atom is 0.140 e. The van der Waals surface area contributed by atoms with E-state index in [2.05, 4.69) is 4.98 Å². The quantitative estimate of drug-likeness (QED) is 0.697. The maximum atomic E-state index is 8.65. The highest BCUT2D eigenvalue weighted by Crippen LogP contribution is 2.11. The van der Waals surface area contributed by atoms with Gasteiger partial charge >= 0.3 is 0 Å². The molecule has 0 aliphatic rings. The van der Waals surface area contributed by atoms with E-state index in [1.807, 2.05) is 6.07 Å². The lowest BCUT2D eigenvalue weighted by Crippen LogP contribution is -2.12. The third-order valence-corrected chi connectivity index (χ3v) is 1.77. The second-order valence-corrected chi connectivity index (χ2v) is 2.71. The van der Waals surface area contributed by atoms with Crippen molar-refractivity contribution in [2.75, 3.05) is 6.61 Å². The van der Waals surface area contributed by atoms with E-state index in [9.17, 15) is 0 Å². The summed E-state index contributed by atoms with van der Waals surface area (Å²) in [6, 6.07) is 5.09. The van der Waals surface area contributed by atoms with Crippen molar-refractivity contribution in [2.24, 2.45) is 5.73 Å². The first-order valence-corrected chi connectivity index (χ1v) is 4.00. The van der Waals surface area contributed by atoms with Crippen molar-refractivity contribution in [3.05, 3.63) is 29.6 Å². The Hall–Kier alpha value is -1.44. The summed E-state index contributed by atoms with van der Waals surface area (Å²) in [5.74, 6) is 0. The highest BCUT2D eigenvalue weighted by atomic mass is 16.3. The van der Waals surface area contributed by atoms with Gasteiger partial charge in [0.25, 0.3) is 0 Å². The van der Waals surface area contributed by atoms with Crippen LogP contribution in [0.1, 0.15) is 23.7 Å². The molecular formula is C9H11N3O. The Labute approximate surface area is 76.6 Å². The van der Waals surface area contributed by atoms with E-state index in [1.54, 1.807) is 18.3 Å². The van der Waals surface area contributed by atoms with Crippen LogP contribution >= 0.6 is 0 Å². The van der Waals surface area contributed by atoms with E-state index in [0.717, 1.165) is 5.56 Å². The zero-order valence-electron chi connectivity index (χ0n) is 7.14. The van der Waals surface area contributed by atoms with Crippen molar-refractivity contribution in [1.82, 2.24) is 4.98 Å². The van der Waals surface area contributed by atoms with Crippen LogP contribution in [0.2, 0.25) is 0 Å². The molecule has 1 atom stereocenters. The third kappa shape index (κ3) is 2.51. The number of aliphatic hydroxyl groups is 1. The van der Waals surface area contributed by atoms with Gasteiger partial charge in [0.2, 0.25) is 0 Å². The number of hydrogen-bond acceptors (Lipinski definition) is 4. The van der Waals surface area contributed by atoms with Gasteiger partial charge in [-0.15, -0.1) is 0 Å². The molecular weight excluding hydrogens is 166 g/mol. The molecule has 0 bridgehead atoms. The summed E-state index contributed by atoms with van der Waals surface area (Å²) in [6.45, 7) is 0.0567. The van der Waals surface area contributed by atoms with Crippen molar-refractivity contribution in [3.8, 4) is 6.07 Å². The average Bonchev–Trinajstić information content (AvgIpc) is 2.18. The van der Waals surface area contributed by atoms with Gasteiger partial charge in [0.15, 0.2) is 0 Å². The molecule has 0 fully saturated rings. The molecule has 0 aromatic carbocycles. The van der Waals surface area contributed by atoms with Crippen molar-refractivity contribution in [2.45, 2.75) is 12.5 Å². The van der Waals surface area contributed by atoms with Crippen molar-refractivity contribution in [1.29, 1.82) is 5.26 Å². The van der Waals surface area contributed by atoms with Gasteiger partial charge in [-0.2, -0.15) is 5.26 Å². The summed E-state index contributed by atoms with van der Waals surface area (Å²) >= 11 is 0. The molecule has 0 radical (unpaired) electrons. The number of nitrogens with zero attached hydrogens (tertiary/aromatic N) is 2. The number of aromatic nitrogens is 1. The van der Waals surface area contributed by atoms with Crippen LogP contribution in [0.5, 0.6) is 0 Å². The zero-order chi connectivity index (χ0) is 9.68. The summed E-state index contributed by atoms with van der Waals surface area (Å²) in [5, 5.41) is 17.1. The molecule has 4 heteroatoms. The predicted molar refractivity (Wildman–Crippen MR) is 47.6 cm³/mol. The van der Waals surface area contributed by atoms with Gasteiger partial charge < -0.3 is 10.8 Å². The molecule has 0 aliphatic heterocycles. The fourth-order valence-corrected chi connectivity index (χ4v) is 0.997. The monoisotopic (exact) mass is 177 g/mol. The SMILES string of the molecule is N#Cc1ccc([C@H](N)CCO)cn1. The molecule has 1 aromatic rings. The summed E-state index contributed by atoms with van der Waals surface area (Å²) in [4.78, 5) is 3.88. The van der Waals surface area contributed by atoms with Crippen LogP contribution < -0.4 is 5.73 Å². The van der Waals surface area contributed by atoms with Gasteiger partial charge in [0, 0.05) is 18.8 Å². The molecule has 0 amide bonds. The average molecular weight is 177 g/mol. The second kappa shape index (κ2) is 4.55. The van der Waals surface area contributed by atoms with Crippen LogP contribution in [0.15, 0.2) is 18.3 Å². The van der Waals surface area contributed by atoms with E-state index in [0.29, 0.717) is 12.1 Å². The topological polar surface area (TPSA) is 82.9 Å². The van der Waals surface area contributed by atoms with Gasteiger partial charge in [-0.3, -0.25) is 0 Å². The maximum absolute atomic E-state index is 8.65. The minimum absolute atomic E-state index is 0.0567. The fraction of sp³-hybridized carbons (Fsp3) is 0.333. The first-order chi connectivity index (χ1) is 6.27. The Bertz CT molecular complexity index is 302. The smallest absolute Gasteiger partial charge is 0.140 e. The van der Waals surface area contributed by atoms with Crippen molar-refractivity contribution >= 4 is 0 Å².